The molecule has 22 heavy (non-hydrogen) atoms. The summed E-state index contributed by atoms with van der Waals surface area (Å²) < 4.78 is 14.4. The molecular formula is C17H13FN2O2. The van der Waals surface area contributed by atoms with Gasteiger partial charge in [-0.15, -0.1) is 0 Å². The summed E-state index contributed by atoms with van der Waals surface area (Å²) in [5.74, 6) is -0.963. The Kier molecular flexibility index (Phi) is 3.47. The third-order valence-corrected chi connectivity index (χ3v) is 3.50. The van der Waals surface area contributed by atoms with Crippen molar-refractivity contribution in [2.45, 2.75) is 6.42 Å². The van der Waals surface area contributed by atoms with Gasteiger partial charge in [-0.25, -0.2) is 4.39 Å². The van der Waals surface area contributed by atoms with Crippen molar-refractivity contribution < 1.29 is 14.0 Å². The fourth-order valence-electron chi connectivity index (χ4n) is 2.51. The molecule has 2 N–H and O–H groups in total. The number of halogens is 1. The number of hydrogen-bond donors (Lipinski definition) is 2. The average Bonchev–Trinajstić information content (AvgIpc) is 2.87. The molecule has 0 radical (unpaired) electrons. The number of fused-ring (bicyclic) bond motifs is 1. The Morgan fingerprint density at radius 2 is 2.09 bits per heavy atom. The summed E-state index contributed by atoms with van der Waals surface area (Å²) >= 11 is 0. The fraction of sp³-hybridized carbons (Fsp3) is 0.0588. The molecule has 2 aromatic rings. The zero-order valence-corrected chi connectivity index (χ0v) is 11.7. The smallest absolute Gasteiger partial charge is 0.247 e. The molecule has 0 unspecified atom stereocenters. The first-order valence-electron chi connectivity index (χ1n) is 6.73. The van der Waals surface area contributed by atoms with Crippen LogP contribution in [0.3, 0.4) is 0 Å². The number of carbonyl (C=O) groups excluding carboxylic acids is 2. The molecule has 5 heteroatoms. The quantitative estimate of drug-likeness (QED) is 0.855. The van der Waals surface area contributed by atoms with E-state index in [1.807, 2.05) is 0 Å². The van der Waals surface area contributed by atoms with E-state index in [1.54, 1.807) is 30.3 Å². The Bertz CT molecular complexity index is 799. The summed E-state index contributed by atoms with van der Waals surface area (Å²) in [5, 5.41) is 5.25. The first-order valence-corrected chi connectivity index (χ1v) is 6.73. The van der Waals surface area contributed by atoms with Gasteiger partial charge >= 0.3 is 0 Å². The Labute approximate surface area is 126 Å². The third kappa shape index (κ3) is 2.48. The van der Waals surface area contributed by atoms with Crippen LogP contribution < -0.4 is 10.6 Å². The van der Waals surface area contributed by atoms with Crippen molar-refractivity contribution in [2.75, 3.05) is 10.6 Å². The highest BCUT2D eigenvalue weighted by Gasteiger charge is 2.22. The molecule has 0 saturated carbocycles. The zero-order valence-electron chi connectivity index (χ0n) is 11.7. The Hall–Kier alpha value is -2.95. The molecule has 2 aromatic carbocycles. The number of benzene rings is 2. The molecule has 0 saturated heterocycles. The topological polar surface area (TPSA) is 58.2 Å². The monoisotopic (exact) mass is 296 g/mol. The highest BCUT2D eigenvalue weighted by Crippen LogP contribution is 2.35. The molecule has 0 atom stereocenters. The minimum Gasteiger partial charge on any atom is -0.326 e. The van der Waals surface area contributed by atoms with Gasteiger partial charge in [-0.1, -0.05) is 18.7 Å². The minimum atomic E-state index is -0.463. The summed E-state index contributed by atoms with van der Waals surface area (Å²) in [7, 11) is 0. The van der Waals surface area contributed by atoms with E-state index in [2.05, 4.69) is 17.2 Å². The molecule has 1 aliphatic rings. The van der Waals surface area contributed by atoms with Crippen LogP contribution in [0.25, 0.3) is 11.1 Å². The molecule has 1 heterocycles. The molecule has 1 aliphatic heterocycles. The number of hydrogen-bond acceptors (Lipinski definition) is 2. The molecule has 4 nitrogen and oxygen atoms in total. The van der Waals surface area contributed by atoms with Gasteiger partial charge in [0.05, 0.1) is 6.42 Å². The lowest BCUT2D eigenvalue weighted by Crippen LogP contribution is -2.07. The van der Waals surface area contributed by atoms with Crippen LogP contribution in [0.4, 0.5) is 15.8 Å². The fourth-order valence-corrected chi connectivity index (χ4v) is 2.51. The van der Waals surface area contributed by atoms with E-state index < -0.39 is 11.7 Å². The van der Waals surface area contributed by atoms with Gasteiger partial charge in [0.25, 0.3) is 0 Å². The van der Waals surface area contributed by atoms with Crippen LogP contribution in [0.15, 0.2) is 49.1 Å². The maximum Gasteiger partial charge on any atom is 0.247 e. The molecule has 0 aromatic heterocycles. The van der Waals surface area contributed by atoms with Gasteiger partial charge in [-0.05, 0) is 41.5 Å². The largest absolute Gasteiger partial charge is 0.326 e. The van der Waals surface area contributed by atoms with Crippen LogP contribution in [-0.4, -0.2) is 11.8 Å². The van der Waals surface area contributed by atoms with Gasteiger partial charge in [-0.2, -0.15) is 0 Å². The van der Waals surface area contributed by atoms with E-state index >= 15 is 0 Å². The first-order chi connectivity index (χ1) is 10.6. The number of nitrogens with one attached hydrogen (secondary N) is 2. The van der Waals surface area contributed by atoms with E-state index in [0.717, 1.165) is 11.6 Å². The standard InChI is InChI=1S/C17H13FN2O2/c1-2-16(21)19-10-6-7-12(14(18)8-10)11-4-3-5-15-13(11)9-17(22)20-15/h2-8H,1,9H2,(H,19,21)(H,20,22). The second-order valence-electron chi connectivity index (χ2n) is 4.94. The number of carbonyl (C=O) groups is 2. The van der Waals surface area contributed by atoms with Gasteiger partial charge in [0.2, 0.25) is 11.8 Å². The normalized spacial score (nSPS) is 12.5. The second kappa shape index (κ2) is 5.44. The van der Waals surface area contributed by atoms with Crippen LogP contribution in [-0.2, 0) is 16.0 Å². The van der Waals surface area contributed by atoms with Gasteiger partial charge in [-0.3, -0.25) is 9.59 Å². The van der Waals surface area contributed by atoms with Crippen molar-refractivity contribution in [3.63, 3.8) is 0 Å². The Morgan fingerprint density at radius 3 is 2.82 bits per heavy atom. The predicted octanol–water partition coefficient (Wildman–Crippen LogP) is 3.11. The maximum atomic E-state index is 14.4. The van der Waals surface area contributed by atoms with Crippen molar-refractivity contribution >= 4 is 23.2 Å². The molecule has 110 valence electrons. The van der Waals surface area contributed by atoms with Crippen molar-refractivity contribution in [3.8, 4) is 11.1 Å². The molecule has 0 aliphatic carbocycles. The number of anilines is 2. The minimum absolute atomic E-state index is 0.0993. The molecule has 3 rings (SSSR count). The summed E-state index contributed by atoms with van der Waals surface area (Å²) in [6.07, 6.45) is 1.35. The van der Waals surface area contributed by atoms with E-state index in [0.29, 0.717) is 22.5 Å². The third-order valence-electron chi connectivity index (χ3n) is 3.50. The molecule has 0 fully saturated rings. The van der Waals surface area contributed by atoms with E-state index in [-0.39, 0.29) is 12.3 Å². The van der Waals surface area contributed by atoms with Crippen LogP contribution in [0.1, 0.15) is 5.56 Å². The summed E-state index contributed by atoms with van der Waals surface area (Å²) in [4.78, 5) is 22.8. The van der Waals surface area contributed by atoms with E-state index in [4.69, 9.17) is 0 Å². The summed E-state index contributed by atoms with van der Waals surface area (Å²) in [6.45, 7) is 3.35. The lowest BCUT2D eigenvalue weighted by atomic mass is 9.97. The maximum absolute atomic E-state index is 14.4. The van der Waals surface area contributed by atoms with Gasteiger partial charge in [0.1, 0.15) is 5.82 Å². The van der Waals surface area contributed by atoms with Gasteiger partial charge in [0.15, 0.2) is 0 Å². The van der Waals surface area contributed by atoms with Gasteiger partial charge < -0.3 is 10.6 Å². The highest BCUT2D eigenvalue weighted by molar-refractivity contribution is 6.02. The highest BCUT2D eigenvalue weighted by atomic mass is 19.1. The number of amides is 2. The van der Waals surface area contributed by atoms with Crippen LogP contribution in [0.5, 0.6) is 0 Å². The molecule has 0 spiro atoms. The van der Waals surface area contributed by atoms with Gasteiger partial charge in [0, 0.05) is 16.9 Å². The van der Waals surface area contributed by atoms with Crippen molar-refractivity contribution in [1.29, 1.82) is 0 Å². The van der Waals surface area contributed by atoms with Crippen molar-refractivity contribution in [2.24, 2.45) is 0 Å². The zero-order chi connectivity index (χ0) is 15.7. The SMILES string of the molecule is C=CC(=O)Nc1ccc(-c2cccc3c2CC(=O)N3)c(F)c1. The van der Waals surface area contributed by atoms with Crippen LogP contribution >= 0.6 is 0 Å². The van der Waals surface area contributed by atoms with E-state index in [9.17, 15) is 14.0 Å². The van der Waals surface area contributed by atoms with Crippen LogP contribution in [0.2, 0.25) is 0 Å². The first kappa shape index (κ1) is 14.0. The van der Waals surface area contributed by atoms with Crippen LogP contribution in [0, 0.1) is 5.82 Å². The number of rotatable bonds is 3. The summed E-state index contributed by atoms with van der Waals surface area (Å²) in [5.41, 5.74) is 2.92. The lowest BCUT2D eigenvalue weighted by molar-refractivity contribution is -0.115. The molecule has 2 amide bonds. The summed E-state index contributed by atoms with van der Waals surface area (Å²) in [6, 6.07) is 9.79. The average molecular weight is 296 g/mol. The van der Waals surface area contributed by atoms with E-state index in [1.165, 1.54) is 6.07 Å². The molecule has 0 bridgehead atoms. The van der Waals surface area contributed by atoms with Crippen molar-refractivity contribution in [1.82, 2.24) is 0 Å². The van der Waals surface area contributed by atoms with Crippen molar-refractivity contribution in [3.05, 3.63) is 60.4 Å². The second-order valence-corrected chi connectivity index (χ2v) is 4.94. The predicted molar refractivity (Wildman–Crippen MR) is 83.0 cm³/mol. The lowest BCUT2D eigenvalue weighted by Gasteiger charge is -2.10. The Balaban J connectivity index is 2.00. The molecular weight excluding hydrogens is 283 g/mol. The Morgan fingerprint density at radius 1 is 1.27 bits per heavy atom.